The molecule has 0 radical (unpaired) electrons. The van der Waals surface area contributed by atoms with E-state index in [2.05, 4.69) is 20.8 Å². The zero-order chi connectivity index (χ0) is 18.6. The van der Waals surface area contributed by atoms with Crippen LogP contribution in [0.25, 0.3) is 0 Å². The zero-order valence-corrected chi connectivity index (χ0v) is 15.8. The van der Waals surface area contributed by atoms with E-state index in [9.17, 15) is 9.59 Å². The Morgan fingerprint density at radius 2 is 1.70 bits per heavy atom. The number of H-pyrrole nitrogens is 1. The predicted molar refractivity (Wildman–Crippen MR) is 101 cm³/mol. The van der Waals surface area contributed by atoms with Gasteiger partial charge in [-0.1, -0.05) is 19.3 Å². The maximum Gasteiger partial charge on any atom is 0.228 e. The van der Waals surface area contributed by atoms with Gasteiger partial charge in [0.1, 0.15) is 0 Å². The second-order valence-electron chi connectivity index (χ2n) is 8.29. The number of nitrogens with zero attached hydrogens (tertiary/aromatic N) is 1. The second-order valence-corrected chi connectivity index (χ2v) is 8.29. The summed E-state index contributed by atoms with van der Waals surface area (Å²) in [6.07, 6.45) is 9.00. The lowest BCUT2D eigenvalue weighted by molar-refractivity contribution is -0.129. The molecule has 3 aliphatic rings. The molecule has 2 aliphatic carbocycles. The third-order valence-corrected chi connectivity index (χ3v) is 6.34. The molecule has 1 saturated heterocycles. The van der Waals surface area contributed by atoms with Crippen LogP contribution >= 0.6 is 0 Å². The first-order valence-electron chi connectivity index (χ1n) is 10.4. The lowest BCUT2D eigenvalue weighted by Gasteiger charge is -2.36. The third-order valence-electron chi connectivity index (χ3n) is 6.34. The van der Waals surface area contributed by atoms with E-state index in [0.29, 0.717) is 24.9 Å². The Balaban J connectivity index is 1.22. The van der Waals surface area contributed by atoms with Gasteiger partial charge in [-0.2, -0.15) is 5.10 Å². The normalized spacial score (nSPS) is 27.0. The molecule has 3 N–H and O–H groups in total. The number of carbonyl (C=O) groups is 2. The Morgan fingerprint density at radius 1 is 1.00 bits per heavy atom. The molecule has 148 valence electrons. The molecular formula is C20H30N4O3. The van der Waals surface area contributed by atoms with Crippen LogP contribution in [0.5, 0.6) is 0 Å². The van der Waals surface area contributed by atoms with E-state index < -0.39 is 0 Å². The van der Waals surface area contributed by atoms with Crippen molar-refractivity contribution in [3.63, 3.8) is 0 Å². The van der Waals surface area contributed by atoms with E-state index in [-0.39, 0.29) is 29.7 Å². The van der Waals surface area contributed by atoms with E-state index in [0.717, 1.165) is 57.1 Å². The zero-order valence-electron chi connectivity index (χ0n) is 15.8. The van der Waals surface area contributed by atoms with Gasteiger partial charge in [0.2, 0.25) is 11.8 Å². The average molecular weight is 374 g/mol. The summed E-state index contributed by atoms with van der Waals surface area (Å²) in [6, 6.07) is 2.19. The van der Waals surface area contributed by atoms with Crippen LogP contribution in [0.2, 0.25) is 0 Å². The molecule has 0 aromatic carbocycles. The van der Waals surface area contributed by atoms with Crippen molar-refractivity contribution >= 4 is 17.6 Å². The van der Waals surface area contributed by atoms with E-state index in [4.69, 9.17) is 4.74 Å². The smallest absolute Gasteiger partial charge is 0.228 e. The number of rotatable bonds is 5. The molecule has 0 unspecified atom stereocenters. The minimum absolute atomic E-state index is 0.1000. The van der Waals surface area contributed by atoms with Gasteiger partial charge in [0.05, 0.1) is 0 Å². The quantitative estimate of drug-likeness (QED) is 0.738. The number of anilines is 1. The molecular weight excluding hydrogens is 344 g/mol. The molecule has 7 heteroatoms. The molecule has 0 spiro atoms. The highest BCUT2D eigenvalue weighted by Gasteiger charge is 2.34. The molecule has 7 nitrogen and oxygen atoms in total. The Kier molecular flexibility index (Phi) is 5.76. The lowest BCUT2D eigenvalue weighted by Crippen LogP contribution is -2.46. The van der Waals surface area contributed by atoms with E-state index in [1.54, 1.807) is 0 Å². The fourth-order valence-electron chi connectivity index (χ4n) is 4.47. The summed E-state index contributed by atoms with van der Waals surface area (Å²) in [7, 11) is 0. The molecule has 1 aliphatic heterocycles. The second kappa shape index (κ2) is 8.42. The molecule has 2 saturated carbocycles. The molecule has 2 amide bonds. The van der Waals surface area contributed by atoms with Gasteiger partial charge >= 0.3 is 0 Å². The molecule has 4 rings (SSSR count). The number of amides is 2. The monoisotopic (exact) mass is 374 g/mol. The van der Waals surface area contributed by atoms with Crippen LogP contribution in [-0.2, 0) is 14.3 Å². The van der Waals surface area contributed by atoms with E-state index >= 15 is 0 Å². The van der Waals surface area contributed by atoms with Crippen LogP contribution in [0.3, 0.4) is 0 Å². The summed E-state index contributed by atoms with van der Waals surface area (Å²) in [6.45, 7) is 1.38. The Bertz CT molecular complexity index is 656. The van der Waals surface area contributed by atoms with Crippen LogP contribution in [0.4, 0.5) is 5.82 Å². The van der Waals surface area contributed by atoms with Gasteiger partial charge in [-0.25, -0.2) is 0 Å². The summed E-state index contributed by atoms with van der Waals surface area (Å²) >= 11 is 0. The van der Waals surface area contributed by atoms with Gasteiger partial charge in [-0.05, 0) is 38.5 Å². The highest BCUT2D eigenvalue weighted by molar-refractivity contribution is 5.91. The van der Waals surface area contributed by atoms with Crippen LogP contribution in [0.1, 0.15) is 69.4 Å². The third kappa shape index (κ3) is 4.51. The van der Waals surface area contributed by atoms with Crippen molar-refractivity contribution in [3.8, 4) is 0 Å². The average Bonchev–Trinajstić information content (AvgIpc) is 3.13. The van der Waals surface area contributed by atoms with Crippen LogP contribution < -0.4 is 10.6 Å². The number of hydrogen-bond acceptors (Lipinski definition) is 4. The van der Waals surface area contributed by atoms with Gasteiger partial charge in [0.25, 0.3) is 0 Å². The Hall–Kier alpha value is -1.89. The van der Waals surface area contributed by atoms with Gasteiger partial charge in [-0.3, -0.25) is 14.7 Å². The minimum Gasteiger partial charge on any atom is -0.381 e. The molecule has 27 heavy (non-hydrogen) atoms. The maximum absolute atomic E-state index is 12.3. The number of aromatic amines is 1. The molecule has 1 aromatic rings. The van der Waals surface area contributed by atoms with Gasteiger partial charge in [0, 0.05) is 48.8 Å². The molecule has 2 heterocycles. The van der Waals surface area contributed by atoms with Crippen molar-refractivity contribution < 1.29 is 14.3 Å². The van der Waals surface area contributed by atoms with Crippen molar-refractivity contribution in [1.29, 1.82) is 0 Å². The van der Waals surface area contributed by atoms with Crippen molar-refractivity contribution in [1.82, 2.24) is 15.5 Å². The first kappa shape index (κ1) is 18.5. The summed E-state index contributed by atoms with van der Waals surface area (Å²) in [5.41, 5.74) is 1.05. The molecule has 0 bridgehead atoms. The Morgan fingerprint density at radius 3 is 2.44 bits per heavy atom. The summed E-state index contributed by atoms with van der Waals surface area (Å²) in [5, 5.41) is 13.4. The number of nitrogens with one attached hydrogen (secondary N) is 3. The molecule has 3 fully saturated rings. The lowest BCUT2D eigenvalue weighted by atomic mass is 9.78. The van der Waals surface area contributed by atoms with Crippen molar-refractivity contribution in [3.05, 3.63) is 11.8 Å². The predicted octanol–water partition coefficient (Wildman–Crippen LogP) is 2.72. The number of aromatic nitrogens is 2. The fraction of sp³-hybridized carbons (Fsp3) is 0.750. The SMILES string of the molecule is O=C(Nc1cc(C2CC(NC(=O)C3CCOCC3)C2)[nH]n1)C1CCCCC1. The van der Waals surface area contributed by atoms with Gasteiger partial charge < -0.3 is 15.4 Å². The van der Waals surface area contributed by atoms with Crippen LogP contribution in [0, 0.1) is 11.8 Å². The largest absolute Gasteiger partial charge is 0.381 e. The first-order valence-corrected chi connectivity index (χ1v) is 10.4. The number of ether oxygens (including phenoxy) is 1. The minimum atomic E-state index is 0.1000. The summed E-state index contributed by atoms with van der Waals surface area (Å²) in [4.78, 5) is 24.6. The van der Waals surface area contributed by atoms with Crippen molar-refractivity contribution in [2.75, 3.05) is 18.5 Å². The standard InChI is InChI=1S/C20H30N4O3/c25-19(14-6-8-27-9-7-14)21-16-10-15(11-16)17-12-18(24-23-17)22-20(26)13-4-2-1-3-5-13/h12-16H,1-11H2,(H,21,25)(H2,22,23,24,26). The van der Waals surface area contributed by atoms with Gasteiger partial charge in [0.15, 0.2) is 5.82 Å². The first-order chi connectivity index (χ1) is 13.2. The highest BCUT2D eigenvalue weighted by Crippen LogP contribution is 2.37. The summed E-state index contributed by atoms with van der Waals surface area (Å²) in [5.74, 6) is 1.50. The summed E-state index contributed by atoms with van der Waals surface area (Å²) < 4.78 is 5.32. The topological polar surface area (TPSA) is 96.1 Å². The molecule has 0 atom stereocenters. The van der Waals surface area contributed by atoms with E-state index in [1.165, 1.54) is 6.42 Å². The van der Waals surface area contributed by atoms with Crippen molar-refractivity contribution in [2.45, 2.75) is 69.7 Å². The fourth-order valence-corrected chi connectivity index (χ4v) is 4.47. The Labute approximate surface area is 160 Å². The van der Waals surface area contributed by atoms with Gasteiger partial charge in [-0.15, -0.1) is 0 Å². The highest BCUT2D eigenvalue weighted by atomic mass is 16.5. The van der Waals surface area contributed by atoms with Crippen LogP contribution in [-0.4, -0.2) is 41.3 Å². The maximum atomic E-state index is 12.3. The number of carbonyl (C=O) groups excluding carboxylic acids is 2. The van der Waals surface area contributed by atoms with Crippen LogP contribution in [0.15, 0.2) is 6.07 Å². The molecule has 1 aromatic heterocycles. The number of hydrogen-bond donors (Lipinski definition) is 3. The van der Waals surface area contributed by atoms with E-state index in [1.807, 2.05) is 6.07 Å². The van der Waals surface area contributed by atoms with Crippen molar-refractivity contribution in [2.24, 2.45) is 11.8 Å².